The summed E-state index contributed by atoms with van der Waals surface area (Å²) < 4.78 is 5.00. The van der Waals surface area contributed by atoms with Crippen LogP contribution in [-0.2, 0) is 20.7 Å². The largest absolute Gasteiger partial charge is 0.450 e. The monoisotopic (exact) mass is 389 g/mol. The first-order valence-electron chi connectivity index (χ1n) is 10.00. The van der Waals surface area contributed by atoms with E-state index in [1.807, 2.05) is 18.2 Å². The Hall–Kier alpha value is -2.57. The van der Waals surface area contributed by atoms with Crippen LogP contribution in [0.5, 0.6) is 0 Å². The maximum atomic E-state index is 12.4. The van der Waals surface area contributed by atoms with E-state index in [-0.39, 0.29) is 30.5 Å². The van der Waals surface area contributed by atoms with E-state index >= 15 is 0 Å². The summed E-state index contributed by atoms with van der Waals surface area (Å²) in [6, 6.07) is 10.1. The molecule has 3 amide bonds. The van der Waals surface area contributed by atoms with E-state index in [4.69, 9.17) is 4.74 Å². The van der Waals surface area contributed by atoms with Gasteiger partial charge in [0, 0.05) is 32.6 Å². The molecular formula is C21H31N3O4. The van der Waals surface area contributed by atoms with Crippen molar-refractivity contribution in [3.8, 4) is 0 Å². The van der Waals surface area contributed by atoms with Crippen molar-refractivity contribution < 1.29 is 19.1 Å². The quantitative estimate of drug-likeness (QED) is 0.739. The minimum Gasteiger partial charge on any atom is -0.450 e. The molecule has 1 N–H and O–H groups in total. The molecule has 28 heavy (non-hydrogen) atoms. The van der Waals surface area contributed by atoms with Crippen molar-refractivity contribution in [3.63, 3.8) is 0 Å². The molecular weight excluding hydrogens is 358 g/mol. The van der Waals surface area contributed by atoms with Crippen LogP contribution in [0, 0.1) is 0 Å². The summed E-state index contributed by atoms with van der Waals surface area (Å²) >= 11 is 0. The molecule has 1 saturated heterocycles. The predicted molar refractivity (Wildman–Crippen MR) is 107 cm³/mol. The molecule has 1 aromatic rings. The van der Waals surface area contributed by atoms with Gasteiger partial charge in [0.05, 0.1) is 13.2 Å². The molecule has 0 saturated carbocycles. The van der Waals surface area contributed by atoms with E-state index in [0.29, 0.717) is 39.1 Å². The van der Waals surface area contributed by atoms with E-state index in [1.54, 1.807) is 16.7 Å². The topological polar surface area (TPSA) is 79.0 Å². The normalized spacial score (nSPS) is 14.4. The molecule has 0 atom stereocenters. The zero-order valence-corrected chi connectivity index (χ0v) is 16.9. The third-order valence-corrected chi connectivity index (χ3v) is 4.90. The number of amides is 3. The van der Waals surface area contributed by atoms with E-state index in [2.05, 4.69) is 17.4 Å². The number of aryl methyl sites for hydroxylation is 1. The summed E-state index contributed by atoms with van der Waals surface area (Å²) in [6.45, 7) is 5.40. The molecule has 1 aliphatic rings. The summed E-state index contributed by atoms with van der Waals surface area (Å²) in [6.07, 6.45) is 2.78. The Morgan fingerprint density at radius 2 is 1.86 bits per heavy atom. The van der Waals surface area contributed by atoms with Gasteiger partial charge in [0.2, 0.25) is 11.8 Å². The second kappa shape index (κ2) is 11.3. The van der Waals surface area contributed by atoms with E-state index in [1.165, 1.54) is 12.5 Å². The number of carbonyl (C=O) groups is 3. The van der Waals surface area contributed by atoms with E-state index in [0.717, 1.165) is 12.8 Å². The Morgan fingerprint density at radius 3 is 2.46 bits per heavy atom. The second-order valence-corrected chi connectivity index (χ2v) is 7.06. The summed E-state index contributed by atoms with van der Waals surface area (Å²) in [7, 11) is 0. The van der Waals surface area contributed by atoms with Crippen molar-refractivity contribution in [2.45, 2.75) is 45.6 Å². The highest BCUT2D eigenvalue weighted by molar-refractivity contribution is 5.84. The molecule has 0 unspecified atom stereocenters. The molecule has 0 spiro atoms. The minimum atomic E-state index is -0.298. The van der Waals surface area contributed by atoms with Gasteiger partial charge in [-0.15, -0.1) is 0 Å². The molecule has 0 bridgehead atoms. The van der Waals surface area contributed by atoms with Crippen LogP contribution < -0.4 is 5.32 Å². The number of nitrogens with one attached hydrogen (secondary N) is 1. The number of likely N-dealkylation sites (tertiary alicyclic amines) is 1. The number of ether oxygens (including phenoxy) is 1. The second-order valence-electron chi connectivity index (χ2n) is 7.06. The van der Waals surface area contributed by atoms with Gasteiger partial charge in [-0.1, -0.05) is 30.3 Å². The zero-order valence-electron chi connectivity index (χ0n) is 16.9. The third-order valence-electron chi connectivity index (χ3n) is 4.90. The number of hydrogen-bond acceptors (Lipinski definition) is 4. The molecule has 1 aliphatic heterocycles. The lowest BCUT2D eigenvalue weighted by atomic mass is 10.1. The molecule has 0 aliphatic carbocycles. The lowest BCUT2D eigenvalue weighted by Gasteiger charge is -2.32. The molecule has 1 heterocycles. The highest BCUT2D eigenvalue weighted by atomic mass is 16.6. The number of hydrogen-bond donors (Lipinski definition) is 1. The zero-order chi connectivity index (χ0) is 20.4. The van der Waals surface area contributed by atoms with Gasteiger partial charge in [0.15, 0.2) is 0 Å². The van der Waals surface area contributed by atoms with Gasteiger partial charge in [0.25, 0.3) is 0 Å². The van der Waals surface area contributed by atoms with Gasteiger partial charge in [-0.25, -0.2) is 4.79 Å². The summed E-state index contributed by atoms with van der Waals surface area (Å²) in [4.78, 5) is 39.2. The van der Waals surface area contributed by atoms with Crippen LogP contribution in [-0.4, -0.2) is 66.5 Å². The van der Waals surface area contributed by atoms with Crippen molar-refractivity contribution in [2.24, 2.45) is 0 Å². The third kappa shape index (κ3) is 7.21. The van der Waals surface area contributed by atoms with Crippen molar-refractivity contribution in [1.29, 1.82) is 0 Å². The van der Waals surface area contributed by atoms with Gasteiger partial charge in [0.1, 0.15) is 0 Å². The summed E-state index contributed by atoms with van der Waals surface area (Å²) in [5, 5.41) is 2.99. The van der Waals surface area contributed by atoms with Crippen molar-refractivity contribution >= 4 is 17.9 Å². The number of rotatable bonds is 8. The van der Waals surface area contributed by atoms with Crippen LogP contribution in [0.1, 0.15) is 38.7 Å². The van der Waals surface area contributed by atoms with Crippen molar-refractivity contribution in [2.75, 3.05) is 32.8 Å². The standard InChI is InChI=1S/C21H31N3O4/c1-3-28-21(27)23-14-11-19(12-15-23)22-20(26)16-24(17(2)25)13-7-10-18-8-5-4-6-9-18/h4-6,8-9,19H,3,7,10-16H2,1-2H3,(H,22,26). The maximum absolute atomic E-state index is 12.4. The number of carbonyl (C=O) groups excluding carboxylic acids is 3. The smallest absolute Gasteiger partial charge is 0.409 e. The van der Waals surface area contributed by atoms with Crippen molar-refractivity contribution in [3.05, 3.63) is 35.9 Å². The Morgan fingerprint density at radius 1 is 1.18 bits per heavy atom. The van der Waals surface area contributed by atoms with Gasteiger partial charge in [-0.05, 0) is 38.2 Å². The van der Waals surface area contributed by atoms with Crippen LogP contribution in [0.15, 0.2) is 30.3 Å². The number of benzene rings is 1. The Balaban J connectivity index is 1.72. The average molecular weight is 389 g/mol. The Kier molecular flexibility index (Phi) is 8.78. The van der Waals surface area contributed by atoms with Crippen LogP contribution in [0.2, 0.25) is 0 Å². The number of nitrogens with zero attached hydrogens (tertiary/aromatic N) is 2. The van der Waals surface area contributed by atoms with Crippen LogP contribution in [0.25, 0.3) is 0 Å². The molecule has 1 fully saturated rings. The molecule has 1 aromatic carbocycles. The first-order valence-corrected chi connectivity index (χ1v) is 10.00. The Bertz CT molecular complexity index is 642. The Labute approximate surface area is 167 Å². The highest BCUT2D eigenvalue weighted by Gasteiger charge is 2.25. The average Bonchev–Trinajstić information content (AvgIpc) is 2.68. The minimum absolute atomic E-state index is 0.0244. The fourth-order valence-corrected chi connectivity index (χ4v) is 3.33. The lowest BCUT2D eigenvalue weighted by Crippen LogP contribution is -2.49. The fourth-order valence-electron chi connectivity index (χ4n) is 3.33. The summed E-state index contributed by atoms with van der Waals surface area (Å²) in [5.41, 5.74) is 1.23. The van der Waals surface area contributed by atoms with Crippen molar-refractivity contribution in [1.82, 2.24) is 15.1 Å². The SMILES string of the molecule is CCOC(=O)N1CCC(NC(=O)CN(CCCc2ccccc2)C(C)=O)CC1. The molecule has 2 rings (SSSR count). The molecule has 0 radical (unpaired) electrons. The molecule has 7 heteroatoms. The van der Waals surface area contributed by atoms with Gasteiger partial charge >= 0.3 is 6.09 Å². The maximum Gasteiger partial charge on any atom is 0.409 e. The lowest BCUT2D eigenvalue weighted by molar-refractivity contribution is -0.134. The summed E-state index contributed by atoms with van der Waals surface area (Å²) in [5.74, 6) is -0.246. The van der Waals surface area contributed by atoms with Crippen LogP contribution >= 0.6 is 0 Å². The van der Waals surface area contributed by atoms with E-state index in [9.17, 15) is 14.4 Å². The van der Waals surface area contributed by atoms with Crippen LogP contribution in [0.4, 0.5) is 4.79 Å². The first-order chi connectivity index (χ1) is 13.5. The van der Waals surface area contributed by atoms with Gasteiger partial charge in [-0.3, -0.25) is 9.59 Å². The molecule has 154 valence electrons. The molecule has 0 aromatic heterocycles. The molecule has 7 nitrogen and oxygen atoms in total. The predicted octanol–water partition coefficient (Wildman–Crippen LogP) is 2.20. The van der Waals surface area contributed by atoms with E-state index < -0.39 is 0 Å². The fraction of sp³-hybridized carbons (Fsp3) is 0.571. The van der Waals surface area contributed by atoms with Gasteiger partial charge in [-0.2, -0.15) is 0 Å². The number of piperidine rings is 1. The highest BCUT2D eigenvalue weighted by Crippen LogP contribution is 2.11. The van der Waals surface area contributed by atoms with Gasteiger partial charge < -0.3 is 19.9 Å². The first kappa shape index (κ1) is 21.7. The van der Waals surface area contributed by atoms with Crippen LogP contribution in [0.3, 0.4) is 0 Å².